The number of nitrogens with one attached hydrogen (secondary N) is 1. The van der Waals surface area contributed by atoms with Gasteiger partial charge in [-0.3, -0.25) is 0 Å². The predicted molar refractivity (Wildman–Crippen MR) is 91.3 cm³/mol. The van der Waals surface area contributed by atoms with Crippen LogP contribution in [0.25, 0.3) is 0 Å². The Morgan fingerprint density at radius 1 is 1.35 bits per heavy atom. The Bertz CT molecular complexity index is 435. The van der Waals surface area contributed by atoms with E-state index in [1.807, 2.05) is 0 Å². The van der Waals surface area contributed by atoms with Crippen molar-refractivity contribution in [2.24, 2.45) is 11.8 Å². The highest BCUT2D eigenvalue weighted by Crippen LogP contribution is 2.39. The standard InChI is InChI=1S/C17H25BrClN/c1-3-12-6-5-7-13(10-12)17(20-4-2)14-8-9-15(18)16(19)11-14/h8-9,11-13,17,20H,3-7,10H2,1-2H3. The summed E-state index contributed by atoms with van der Waals surface area (Å²) in [6, 6.07) is 6.84. The van der Waals surface area contributed by atoms with Crippen molar-refractivity contribution in [3.63, 3.8) is 0 Å². The lowest BCUT2D eigenvalue weighted by molar-refractivity contribution is 0.210. The quantitative estimate of drug-likeness (QED) is 0.683. The average Bonchev–Trinajstić information content (AvgIpc) is 2.48. The second kappa shape index (κ2) is 7.82. The van der Waals surface area contributed by atoms with Crippen molar-refractivity contribution in [3.8, 4) is 0 Å². The molecule has 0 radical (unpaired) electrons. The van der Waals surface area contributed by atoms with E-state index < -0.39 is 0 Å². The zero-order valence-electron chi connectivity index (χ0n) is 12.5. The van der Waals surface area contributed by atoms with E-state index in [2.05, 4.69) is 53.3 Å². The van der Waals surface area contributed by atoms with Crippen molar-refractivity contribution in [1.29, 1.82) is 0 Å². The Kier molecular flexibility index (Phi) is 6.38. The Morgan fingerprint density at radius 3 is 2.80 bits per heavy atom. The maximum absolute atomic E-state index is 6.28. The molecule has 0 spiro atoms. The molecule has 1 N–H and O–H groups in total. The summed E-state index contributed by atoms with van der Waals surface area (Å²) in [4.78, 5) is 0. The Morgan fingerprint density at radius 2 is 2.15 bits per heavy atom. The van der Waals surface area contributed by atoms with Crippen LogP contribution < -0.4 is 5.32 Å². The molecule has 1 aliphatic rings. The SMILES string of the molecule is CCNC(c1ccc(Br)c(Cl)c1)C1CCCC(CC)C1. The maximum Gasteiger partial charge on any atom is 0.0551 e. The fraction of sp³-hybridized carbons (Fsp3) is 0.647. The fourth-order valence-corrected chi connectivity index (χ4v) is 3.92. The minimum atomic E-state index is 0.444. The Labute approximate surface area is 136 Å². The summed E-state index contributed by atoms with van der Waals surface area (Å²) in [5, 5.41) is 4.50. The smallest absolute Gasteiger partial charge is 0.0551 e. The van der Waals surface area contributed by atoms with Crippen molar-refractivity contribution >= 4 is 27.5 Å². The second-order valence-corrected chi connectivity index (χ2v) is 7.17. The number of benzene rings is 1. The first kappa shape index (κ1) is 16.3. The molecular formula is C17H25BrClN. The van der Waals surface area contributed by atoms with Crippen molar-refractivity contribution in [2.75, 3.05) is 6.54 Å². The molecule has 1 aromatic rings. The average molecular weight is 359 g/mol. The summed E-state index contributed by atoms with van der Waals surface area (Å²) >= 11 is 9.76. The zero-order chi connectivity index (χ0) is 14.5. The topological polar surface area (TPSA) is 12.0 Å². The molecule has 0 saturated heterocycles. The minimum Gasteiger partial charge on any atom is -0.310 e. The lowest BCUT2D eigenvalue weighted by atomic mass is 9.75. The molecule has 1 saturated carbocycles. The van der Waals surface area contributed by atoms with Gasteiger partial charge in [-0.2, -0.15) is 0 Å². The summed E-state index contributed by atoms with van der Waals surface area (Å²) in [6.45, 7) is 5.52. The lowest BCUT2D eigenvalue weighted by Crippen LogP contribution is -2.31. The maximum atomic E-state index is 6.28. The van der Waals surface area contributed by atoms with Crippen molar-refractivity contribution < 1.29 is 0 Å². The third-order valence-electron chi connectivity index (χ3n) is 4.60. The first-order valence-electron chi connectivity index (χ1n) is 7.84. The summed E-state index contributed by atoms with van der Waals surface area (Å²) in [5.74, 6) is 1.65. The van der Waals surface area contributed by atoms with Crippen LogP contribution in [0, 0.1) is 11.8 Å². The van der Waals surface area contributed by atoms with E-state index in [9.17, 15) is 0 Å². The lowest BCUT2D eigenvalue weighted by Gasteiger charge is -2.35. The van der Waals surface area contributed by atoms with E-state index in [-0.39, 0.29) is 0 Å². The second-order valence-electron chi connectivity index (χ2n) is 5.91. The number of rotatable bonds is 5. The molecule has 1 fully saturated rings. The molecule has 0 bridgehead atoms. The summed E-state index contributed by atoms with van der Waals surface area (Å²) in [6.07, 6.45) is 6.78. The highest BCUT2D eigenvalue weighted by Gasteiger charge is 2.28. The van der Waals surface area contributed by atoms with Crippen LogP contribution >= 0.6 is 27.5 Å². The van der Waals surface area contributed by atoms with Crippen molar-refractivity contribution in [3.05, 3.63) is 33.3 Å². The summed E-state index contributed by atoms with van der Waals surface area (Å²) < 4.78 is 0.980. The van der Waals surface area contributed by atoms with E-state index in [0.29, 0.717) is 6.04 Å². The van der Waals surface area contributed by atoms with Gasteiger partial charge in [0.15, 0.2) is 0 Å². The van der Waals surface area contributed by atoms with E-state index in [4.69, 9.17) is 11.6 Å². The van der Waals surface area contributed by atoms with E-state index >= 15 is 0 Å². The van der Waals surface area contributed by atoms with E-state index in [1.165, 1.54) is 37.7 Å². The van der Waals surface area contributed by atoms with Crippen LogP contribution in [0.3, 0.4) is 0 Å². The molecule has 3 atom stereocenters. The van der Waals surface area contributed by atoms with Gasteiger partial charge in [-0.1, -0.05) is 50.8 Å². The number of hydrogen-bond acceptors (Lipinski definition) is 1. The highest BCUT2D eigenvalue weighted by molar-refractivity contribution is 9.10. The van der Waals surface area contributed by atoms with E-state index in [1.54, 1.807) is 0 Å². The van der Waals surface area contributed by atoms with Gasteiger partial charge < -0.3 is 5.32 Å². The first-order chi connectivity index (χ1) is 9.65. The Hall–Kier alpha value is -0.0500. The molecule has 20 heavy (non-hydrogen) atoms. The Balaban J connectivity index is 2.18. The largest absolute Gasteiger partial charge is 0.310 e. The van der Waals surface area contributed by atoms with Crippen LogP contribution in [0.15, 0.2) is 22.7 Å². The molecule has 3 heteroatoms. The summed E-state index contributed by atoms with van der Waals surface area (Å²) in [5.41, 5.74) is 1.34. The van der Waals surface area contributed by atoms with Crippen LogP contribution in [0.2, 0.25) is 5.02 Å². The molecule has 1 nitrogen and oxygen atoms in total. The van der Waals surface area contributed by atoms with Crippen molar-refractivity contribution in [1.82, 2.24) is 5.32 Å². The van der Waals surface area contributed by atoms with Crippen LogP contribution in [0.5, 0.6) is 0 Å². The van der Waals surface area contributed by atoms with Gasteiger partial charge in [0, 0.05) is 10.5 Å². The van der Waals surface area contributed by atoms with E-state index in [0.717, 1.165) is 27.9 Å². The van der Waals surface area contributed by atoms with Gasteiger partial charge in [-0.15, -0.1) is 0 Å². The normalized spacial score (nSPS) is 24.6. The predicted octanol–water partition coefficient (Wildman–Crippen LogP) is 5.97. The van der Waals surface area contributed by atoms with Gasteiger partial charge >= 0.3 is 0 Å². The van der Waals surface area contributed by atoms with Gasteiger partial charge in [0.05, 0.1) is 5.02 Å². The molecule has 112 valence electrons. The minimum absolute atomic E-state index is 0.444. The van der Waals surface area contributed by atoms with Gasteiger partial charge in [-0.25, -0.2) is 0 Å². The van der Waals surface area contributed by atoms with Crippen LogP contribution in [-0.2, 0) is 0 Å². The molecule has 2 rings (SSSR count). The third-order valence-corrected chi connectivity index (χ3v) is 5.83. The van der Waals surface area contributed by atoms with Gasteiger partial charge in [-0.05, 0) is 64.8 Å². The molecule has 3 unspecified atom stereocenters. The molecule has 0 amide bonds. The number of halogens is 2. The third kappa shape index (κ3) is 3.99. The molecule has 0 aromatic heterocycles. The monoisotopic (exact) mass is 357 g/mol. The highest BCUT2D eigenvalue weighted by atomic mass is 79.9. The van der Waals surface area contributed by atoms with Gasteiger partial charge in [0.2, 0.25) is 0 Å². The molecular weight excluding hydrogens is 334 g/mol. The molecule has 1 aliphatic carbocycles. The van der Waals surface area contributed by atoms with Crippen molar-refractivity contribution in [2.45, 2.75) is 52.0 Å². The van der Waals surface area contributed by atoms with Crippen LogP contribution in [0.4, 0.5) is 0 Å². The summed E-state index contributed by atoms with van der Waals surface area (Å²) in [7, 11) is 0. The molecule has 1 aromatic carbocycles. The van der Waals surface area contributed by atoms with Gasteiger partial charge in [0.25, 0.3) is 0 Å². The molecule has 0 aliphatic heterocycles. The molecule has 0 heterocycles. The number of hydrogen-bond donors (Lipinski definition) is 1. The fourth-order valence-electron chi connectivity index (χ4n) is 3.49. The first-order valence-corrected chi connectivity index (χ1v) is 9.01. The van der Waals surface area contributed by atoms with Crippen LogP contribution in [0.1, 0.15) is 57.6 Å². The van der Waals surface area contributed by atoms with Gasteiger partial charge in [0.1, 0.15) is 0 Å². The zero-order valence-corrected chi connectivity index (χ0v) is 14.8. The van der Waals surface area contributed by atoms with Crippen LogP contribution in [-0.4, -0.2) is 6.54 Å².